The number of piperidine rings is 1. The minimum atomic E-state index is 0.107. The van der Waals surface area contributed by atoms with E-state index in [4.69, 9.17) is 5.26 Å². The van der Waals surface area contributed by atoms with Gasteiger partial charge in [0.1, 0.15) is 0 Å². The summed E-state index contributed by atoms with van der Waals surface area (Å²) in [5.74, 6) is 0.107. The molecule has 0 aromatic carbocycles. The van der Waals surface area contributed by atoms with Gasteiger partial charge in [0, 0.05) is 19.6 Å². The van der Waals surface area contributed by atoms with Gasteiger partial charge in [0.2, 0.25) is 5.91 Å². The van der Waals surface area contributed by atoms with Gasteiger partial charge in [-0.25, -0.2) is 0 Å². The Morgan fingerprint density at radius 2 is 2.00 bits per heavy atom. The third-order valence-electron chi connectivity index (χ3n) is 4.00. The van der Waals surface area contributed by atoms with Crippen LogP contribution in [0.4, 0.5) is 0 Å². The van der Waals surface area contributed by atoms with Gasteiger partial charge in [0.05, 0.1) is 19.0 Å². The molecule has 0 atom stereocenters. The summed E-state index contributed by atoms with van der Waals surface area (Å²) < 4.78 is 0. The Bertz CT molecular complexity index is 318. The maximum absolute atomic E-state index is 12.0. The van der Waals surface area contributed by atoms with Crippen LogP contribution in [0.1, 0.15) is 26.2 Å². The maximum Gasteiger partial charge on any atom is 0.236 e. The van der Waals surface area contributed by atoms with Crippen LogP contribution in [0.2, 0.25) is 0 Å². The molecule has 0 aliphatic carbocycles. The lowest BCUT2D eigenvalue weighted by molar-refractivity contribution is -0.131. The molecule has 0 aromatic heterocycles. The van der Waals surface area contributed by atoms with Gasteiger partial charge >= 0.3 is 0 Å². The number of likely N-dealkylation sites (N-methyl/N-ethyl adjacent to an activating group) is 2. The van der Waals surface area contributed by atoms with Crippen LogP contribution in [0.25, 0.3) is 0 Å². The van der Waals surface area contributed by atoms with Crippen molar-refractivity contribution in [2.24, 2.45) is 0 Å². The van der Waals surface area contributed by atoms with E-state index in [2.05, 4.69) is 22.8 Å². The molecular weight excluding hydrogens is 240 g/mol. The van der Waals surface area contributed by atoms with Crippen LogP contribution in [0.5, 0.6) is 0 Å². The predicted octanol–water partition coefficient (Wildman–Crippen LogP) is 0.775. The number of carbonyl (C=O) groups is 1. The molecule has 19 heavy (non-hydrogen) atoms. The van der Waals surface area contributed by atoms with Gasteiger partial charge in [0.25, 0.3) is 0 Å². The summed E-state index contributed by atoms with van der Waals surface area (Å²) >= 11 is 0. The van der Waals surface area contributed by atoms with Crippen molar-refractivity contribution in [2.75, 3.05) is 46.8 Å². The zero-order valence-electron chi connectivity index (χ0n) is 12.4. The molecule has 0 saturated carbocycles. The van der Waals surface area contributed by atoms with Gasteiger partial charge in [-0.2, -0.15) is 5.26 Å². The first-order valence-electron chi connectivity index (χ1n) is 7.12. The first kappa shape index (κ1) is 15.9. The molecule has 0 bridgehead atoms. The van der Waals surface area contributed by atoms with Crippen LogP contribution in [0, 0.1) is 11.3 Å². The number of hydrogen-bond acceptors (Lipinski definition) is 4. The Balaban J connectivity index is 2.32. The Morgan fingerprint density at radius 3 is 2.53 bits per heavy atom. The van der Waals surface area contributed by atoms with Crippen molar-refractivity contribution in [3.8, 4) is 6.07 Å². The summed E-state index contributed by atoms with van der Waals surface area (Å²) in [6.45, 7) is 6.55. The van der Waals surface area contributed by atoms with E-state index in [-0.39, 0.29) is 5.91 Å². The second-order valence-corrected chi connectivity index (χ2v) is 5.30. The lowest BCUT2D eigenvalue weighted by Crippen LogP contribution is -2.46. The van der Waals surface area contributed by atoms with Crippen molar-refractivity contribution in [3.63, 3.8) is 0 Å². The van der Waals surface area contributed by atoms with Crippen molar-refractivity contribution >= 4 is 5.91 Å². The minimum Gasteiger partial charge on any atom is -0.344 e. The molecular formula is C14H26N4O. The van der Waals surface area contributed by atoms with Gasteiger partial charge in [-0.1, -0.05) is 6.92 Å². The second kappa shape index (κ2) is 8.13. The molecule has 0 aromatic rings. The highest BCUT2D eigenvalue weighted by atomic mass is 16.2. The molecule has 5 heteroatoms. The van der Waals surface area contributed by atoms with Gasteiger partial charge in [-0.3, -0.25) is 9.69 Å². The fourth-order valence-corrected chi connectivity index (χ4v) is 2.48. The highest BCUT2D eigenvalue weighted by Gasteiger charge is 2.23. The molecule has 1 saturated heterocycles. The van der Waals surface area contributed by atoms with E-state index in [1.807, 2.05) is 7.05 Å². The van der Waals surface area contributed by atoms with Crippen molar-refractivity contribution in [1.29, 1.82) is 5.26 Å². The van der Waals surface area contributed by atoms with Crippen LogP contribution in [0.15, 0.2) is 0 Å². The largest absolute Gasteiger partial charge is 0.344 e. The number of carbonyl (C=O) groups excluding carboxylic acids is 1. The molecule has 0 N–H and O–H groups in total. The smallest absolute Gasteiger partial charge is 0.236 e. The minimum absolute atomic E-state index is 0.107. The van der Waals surface area contributed by atoms with Crippen LogP contribution < -0.4 is 0 Å². The number of nitriles is 1. The summed E-state index contributed by atoms with van der Waals surface area (Å²) in [5, 5.41) is 8.53. The van der Waals surface area contributed by atoms with Crippen molar-refractivity contribution in [1.82, 2.24) is 14.7 Å². The number of amides is 1. The summed E-state index contributed by atoms with van der Waals surface area (Å²) in [5.41, 5.74) is 0. The molecule has 1 fully saturated rings. The normalized spacial score (nSPS) is 17.4. The Hall–Kier alpha value is -1.12. The standard InChI is InChI=1S/C14H26N4O/c1-4-18-10-6-13(7-11-18)17(3)12-14(19)16(2)9-5-8-15/h13H,4-7,9-12H2,1-3H3. The van der Waals surface area contributed by atoms with Crippen LogP contribution in [-0.2, 0) is 4.79 Å². The lowest BCUT2D eigenvalue weighted by atomic mass is 10.0. The van der Waals surface area contributed by atoms with Crippen LogP contribution >= 0.6 is 0 Å². The molecule has 1 heterocycles. The van der Waals surface area contributed by atoms with Crippen LogP contribution in [-0.4, -0.2) is 73.5 Å². The van der Waals surface area contributed by atoms with Crippen molar-refractivity contribution in [2.45, 2.75) is 32.2 Å². The summed E-state index contributed by atoms with van der Waals surface area (Å²) in [6.07, 6.45) is 2.68. The van der Waals surface area contributed by atoms with E-state index < -0.39 is 0 Å². The Labute approximate surface area is 116 Å². The first-order valence-corrected chi connectivity index (χ1v) is 7.12. The summed E-state index contributed by atoms with van der Waals surface area (Å²) in [7, 11) is 3.80. The molecule has 1 amide bonds. The molecule has 0 spiro atoms. The van der Waals surface area contributed by atoms with E-state index in [1.54, 1.807) is 11.9 Å². The Morgan fingerprint density at radius 1 is 1.37 bits per heavy atom. The fraction of sp³-hybridized carbons (Fsp3) is 0.857. The molecule has 0 unspecified atom stereocenters. The zero-order valence-corrected chi connectivity index (χ0v) is 12.4. The van der Waals surface area contributed by atoms with E-state index in [9.17, 15) is 4.79 Å². The Kier molecular flexibility index (Phi) is 6.82. The predicted molar refractivity (Wildman–Crippen MR) is 75.6 cm³/mol. The zero-order chi connectivity index (χ0) is 14.3. The summed E-state index contributed by atoms with van der Waals surface area (Å²) in [4.78, 5) is 18.3. The topological polar surface area (TPSA) is 50.6 Å². The number of nitrogens with zero attached hydrogens (tertiary/aromatic N) is 4. The maximum atomic E-state index is 12.0. The molecule has 0 radical (unpaired) electrons. The van der Waals surface area contributed by atoms with E-state index in [0.29, 0.717) is 25.6 Å². The lowest BCUT2D eigenvalue weighted by Gasteiger charge is -2.36. The van der Waals surface area contributed by atoms with Crippen molar-refractivity contribution in [3.05, 3.63) is 0 Å². The van der Waals surface area contributed by atoms with E-state index in [0.717, 1.165) is 32.5 Å². The average molecular weight is 266 g/mol. The van der Waals surface area contributed by atoms with Gasteiger partial charge in [-0.15, -0.1) is 0 Å². The quantitative estimate of drug-likeness (QED) is 0.713. The highest BCUT2D eigenvalue weighted by Crippen LogP contribution is 2.14. The average Bonchev–Trinajstić information content (AvgIpc) is 2.44. The summed E-state index contributed by atoms with van der Waals surface area (Å²) in [6, 6.07) is 2.58. The van der Waals surface area contributed by atoms with Gasteiger partial charge in [-0.05, 0) is 39.5 Å². The second-order valence-electron chi connectivity index (χ2n) is 5.30. The monoisotopic (exact) mass is 266 g/mol. The molecule has 108 valence electrons. The SMILES string of the molecule is CCN1CCC(N(C)CC(=O)N(C)CCC#N)CC1. The highest BCUT2D eigenvalue weighted by molar-refractivity contribution is 5.78. The third-order valence-corrected chi connectivity index (χ3v) is 4.00. The number of likely N-dealkylation sites (tertiary alicyclic amines) is 1. The van der Waals surface area contributed by atoms with Gasteiger partial charge in [0.15, 0.2) is 0 Å². The number of rotatable bonds is 6. The van der Waals surface area contributed by atoms with Crippen LogP contribution in [0.3, 0.4) is 0 Å². The van der Waals surface area contributed by atoms with Gasteiger partial charge < -0.3 is 9.80 Å². The molecule has 1 rings (SSSR count). The molecule has 1 aliphatic rings. The third kappa shape index (κ3) is 5.17. The fourth-order valence-electron chi connectivity index (χ4n) is 2.48. The van der Waals surface area contributed by atoms with E-state index in [1.165, 1.54) is 0 Å². The van der Waals surface area contributed by atoms with E-state index >= 15 is 0 Å². The number of hydrogen-bond donors (Lipinski definition) is 0. The first-order chi connectivity index (χ1) is 9.08. The molecule has 1 aliphatic heterocycles. The van der Waals surface area contributed by atoms with Crippen molar-refractivity contribution < 1.29 is 4.79 Å². The molecule has 5 nitrogen and oxygen atoms in total.